The van der Waals surface area contributed by atoms with Gasteiger partial charge in [0, 0.05) is 0 Å². The summed E-state index contributed by atoms with van der Waals surface area (Å²) in [6, 6.07) is 10.5. The van der Waals surface area contributed by atoms with Crippen molar-refractivity contribution in [3.63, 3.8) is 0 Å². The highest BCUT2D eigenvalue weighted by molar-refractivity contribution is 5.70. The lowest BCUT2D eigenvalue weighted by molar-refractivity contribution is 1.19. The van der Waals surface area contributed by atoms with Gasteiger partial charge in [0.1, 0.15) is 0 Å². The van der Waals surface area contributed by atoms with E-state index in [9.17, 15) is 0 Å². The maximum absolute atomic E-state index is 4.35. The van der Waals surface area contributed by atoms with E-state index in [1.807, 2.05) is 25.1 Å². The lowest BCUT2D eigenvalue weighted by Crippen LogP contribution is -1.90. The van der Waals surface area contributed by atoms with Crippen LogP contribution in [0.25, 0.3) is 5.57 Å². The van der Waals surface area contributed by atoms with Crippen LogP contribution in [-0.4, -0.2) is 0 Å². The van der Waals surface area contributed by atoms with Crippen molar-refractivity contribution in [2.45, 2.75) is 40.5 Å². The summed E-state index contributed by atoms with van der Waals surface area (Å²) >= 11 is 0. The smallest absolute Gasteiger partial charge is 0.0175 e. The summed E-state index contributed by atoms with van der Waals surface area (Å²) in [4.78, 5) is 0. The second-order valence-corrected chi connectivity index (χ2v) is 6.55. The fourth-order valence-corrected chi connectivity index (χ4v) is 2.82. The monoisotopic (exact) mass is 370 g/mol. The van der Waals surface area contributed by atoms with Crippen molar-refractivity contribution in [2.24, 2.45) is 0 Å². The zero-order valence-electron chi connectivity index (χ0n) is 17.9. The van der Waals surface area contributed by atoms with Crippen molar-refractivity contribution in [3.8, 4) is 0 Å². The molecule has 0 heterocycles. The molecule has 0 heteroatoms. The molecule has 0 aliphatic heterocycles. The molecule has 0 amide bonds. The molecule has 0 nitrogen and oxygen atoms in total. The van der Waals surface area contributed by atoms with Gasteiger partial charge in [-0.1, -0.05) is 106 Å². The summed E-state index contributed by atoms with van der Waals surface area (Å²) in [6.45, 7) is 16.7. The van der Waals surface area contributed by atoms with Crippen LogP contribution in [0.1, 0.15) is 46.1 Å². The maximum Gasteiger partial charge on any atom is -0.0175 e. The largest absolute Gasteiger partial charge is 0.0990 e. The fourth-order valence-electron chi connectivity index (χ4n) is 2.82. The van der Waals surface area contributed by atoms with Crippen LogP contribution in [0, 0.1) is 0 Å². The van der Waals surface area contributed by atoms with Crippen LogP contribution in [0.5, 0.6) is 0 Å². The number of allylic oxidation sites excluding steroid dienone is 14. The molecule has 1 aromatic carbocycles. The van der Waals surface area contributed by atoms with Crippen LogP contribution in [0.15, 0.2) is 120 Å². The summed E-state index contributed by atoms with van der Waals surface area (Å²) in [6.07, 6.45) is 21.0. The average Bonchev–Trinajstić information content (AvgIpc) is 2.71. The van der Waals surface area contributed by atoms with Gasteiger partial charge in [-0.3, -0.25) is 0 Å². The van der Waals surface area contributed by atoms with Crippen LogP contribution in [0.3, 0.4) is 0 Å². The molecule has 0 saturated heterocycles. The number of rotatable bonds is 10. The molecular formula is C28H34. The molecule has 0 saturated carbocycles. The minimum absolute atomic E-state index is 0.981. The fraction of sp³-hybridized carbons (Fsp3) is 0.214. The van der Waals surface area contributed by atoms with Gasteiger partial charge in [0.25, 0.3) is 0 Å². The molecule has 1 rings (SSSR count). The van der Waals surface area contributed by atoms with Crippen LogP contribution in [-0.2, 0) is 0 Å². The minimum Gasteiger partial charge on any atom is -0.0990 e. The molecule has 0 unspecified atom stereocenters. The first kappa shape index (κ1) is 23.2. The van der Waals surface area contributed by atoms with Crippen molar-refractivity contribution in [1.82, 2.24) is 0 Å². The highest BCUT2D eigenvalue weighted by Crippen LogP contribution is 2.24. The molecule has 146 valence electrons. The van der Waals surface area contributed by atoms with Gasteiger partial charge in [0.05, 0.1) is 0 Å². The van der Waals surface area contributed by atoms with Gasteiger partial charge < -0.3 is 0 Å². The van der Waals surface area contributed by atoms with Crippen molar-refractivity contribution in [1.29, 1.82) is 0 Å². The Hall–Kier alpha value is -2.86. The Morgan fingerprint density at radius 2 is 1.64 bits per heavy atom. The van der Waals surface area contributed by atoms with Gasteiger partial charge in [0.2, 0.25) is 0 Å². The Kier molecular flexibility index (Phi) is 11.0. The van der Waals surface area contributed by atoms with Crippen LogP contribution in [0.2, 0.25) is 0 Å². The van der Waals surface area contributed by atoms with E-state index in [1.165, 1.54) is 16.7 Å². The lowest BCUT2D eigenvalue weighted by atomic mass is 9.95. The Morgan fingerprint density at radius 3 is 2.21 bits per heavy atom. The van der Waals surface area contributed by atoms with Crippen LogP contribution in [0.4, 0.5) is 0 Å². The first-order valence-corrected chi connectivity index (χ1v) is 10.0. The van der Waals surface area contributed by atoms with Gasteiger partial charge >= 0.3 is 0 Å². The molecule has 0 aromatic heterocycles. The Labute approximate surface area is 172 Å². The number of hydrogen-bond donors (Lipinski definition) is 0. The first-order chi connectivity index (χ1) is 13.6. The molecule has 0 aliphatic carbocycles. The highest BCUT2D eigenvalue weighted by atomic mass is 14.1. The number of benzene rings is 1. The highest BCUT2D eigenvalue weighted by Gasteiger charge is 2.04. The van der Waals surface area contributed by atoms with E-state index in [0.29, 0.717) is 0 Å². The maximum atomic E-state index is 4.35. The third-order valence-electron chi connectivity index (χ3n) is 4.24. The van der Waals surface area contributed by atoms with E-state index in [1.54, 1.807) is 0 Å². The van der Waals surface area contributed by atoms with E-state index < -0.39 is 0 Å². The molecule has 0 radical (unpaired) electrons. The van der Waals surface area contributed by atoms with Crippen molar-refractivity contribution < 1.29 is 0 Å². The summed E-state index contributed by atoms with van der Waals surface area (Å²) < 4.78 is 0. The van der Waals surface area contributed by atoms with E-state index in [2.05, 4.69) is 101 Å². The molecule has 1 aromatic rings. The normalized spacial score (nSPS) is 14.1. The predicted molar refractivity (Wildman–Crippen MR) is 128 cm³/mol. The molecule has 0 atom stereocenters. The van der Waals surface area contributed by atoms with Gasteiger partial charge in [0.15, 0.2) is 0 Å². The average molecular weight is 371 g/mol. The second-order valence-electron chi connectivity index (χ2n) is 6.55. The van der Waals surface area contributed by atoms with Gasteiger partial charge in [-0.15, -0.1) is 0 Å². The molecule has 0 spiro atoms. The zero-order chi connectivity index (χ0) is 20.8. The van der Waals surface area contributed by atoms with Gasteiger partial charge in [-0.25, -0.2) is 0 Å². The molecule has 0 fully saturated rings. The van der Waals surface area contributed by atoms with E-state index >= 15 is 0 Å². The summed E-state index contributed by atoms with van der Waals surface area (Å²) in [7, 11) is 0. The lowest BCUT2D eigenvalue weighted by Gasteiger charge is -2.10. The van der Waals surface area contributed by atoms with Crippen LogP contribution >= 0.6 is 0 Å². The van der Waals surface area contributed by atoms with Crippen molar-refractivity contribution in [3.05, 3.63) is 126 Å². The molecular weight excluding hydrogens is 336 g/mol. The summed E-state index contributed by atoms with van der Waals surface area (Å²) in [5, 5.41) is 0. The molecule has 28 heavy (non-hydrogen) atoms. The quantitative estimate of drug-likeness (QED) is 0.362. The molecule has 0 bridgehead atoms. The predicted octanol–water partition coefficient (Wildman–Crippen LogP) is 8.56. The summed E-state index contributed by atoms with van der Waals surface area (Å²) in [5.74, 6) is 0. The standard InChI is InChI=1S/C28H34/c1-7-11-18-25(15-8-2)23(5)21-28(27(16-9-3)17-10-4)22-24(6)26-19-13-12-14-20-26/h9-22H,3,5,7-8H2,1-2,4,6H3/b17-10-,18-11-,24-22+,25-15+,27-16+,28-21+. The van der Waals surface area contributed by atoms with Gasteiger partial charge in [-0.05, 0) is 66.2 Å². The van der Waals surface area contributed by atoms with Crippen molar-refractivity contribution in [2.75, 3.05) is 0 Å². The van der Waals surface area contributed by atoms with Crippen LogP contribution < -0.4 is 0 Å². The van der Waals surface area contributed by atoms with E-state index in [0.717, 1.165) is 29.6 Å². The van der Waals surface area contributed by atoms with E-state index in [4.69, 9.17) is 0 Å². The second kappa shape index (κ2) is 13.3. The Balaban J connectivity index is 3.49. The Morgan fingerprint density at radius 1 is 0.929 bits per heavy atom. The SMILES string of the molecule is C=C/C=C(\C=C/C)C(=C/C(=C)C(/C=C\CC)=C/CC)/C=C(\C)c1ccccc1. The first-order valence-electron chi connectivity index (χ1n) is 10.0. The Bertz CT molecular complexity index is 818. The van der Waals surface area contributed by atoms with Gasteiger partial charge in [-0.2, -0.15) is 0 Å². The molecule has 0 N–H and O–H groups in total. The third-order valence-corrected chi connectivity index (χ3v) is 4.24. The topological polar surface area (TPSA) is 0 Å². The van der Waals surface area contributed by atoms with E-state index in [-0.39, 0.29) is 0 Å². The minimum atomic E-state index is 0.981. The third kappa shape index (κ3) is 7.80. The van der Waals surface area contributed by atoms with Crippen molar-refractivity contribution >= 4 is 5.57 Å². The molecule has 0 aliphatic rings. The zero-order valence-corrected chi connectivity index (χ0v) is 17.9. The number of hydrogen-bond acceptors (Lipinski definition) is 0. The summed E-state index contributed by atoms with van der Waals surface area (Å²) in [5.41, 5.74) is 6.85.